The molecule has 0 radical (unpaired) electrons. The van der Waals surface area contributed by atoms with Gasteiger partial charge in [0.05, 0.1) is 5.41 Å². The molecule has 0 bridgehead atoms. The van der Waals surface area contributed by atoms with Gasteiger partial charge >= 0.3 is 0 Å². The Balaban J connectivity index is 0.905. The molecule has 1 spiro atoms. The van der Waals surface area contributed by atoms with Crippen molar-refractivity contribution in [2.24, 2.45) is 9.98 Å². The van der Waals surface area contributed by atoms with E-state index in [1.54, 1.807) is 0 Å². The molecule has 1 atom stereocenters. The van der Waals surface area contributed by atoms with E-state index in [4.69, 9.17) is 9.98 Å². The summed E-state index contributed by atoms with van der Waals surface area (Å²) in [6, 6.07) is 109. The summed E-state index contributed by atoms with van der Waals surface area (Å²) in [5.74, 6) is 1.55. The molecule has 0 N–H and O–H groups in total. The maximum absolute atomic E-state index is 5.75. The standard InChI is InChI=1S/C77H53N3/c1-80-75(58-32-20-30-55(42-58)64-46-60(51-22-6-2-7-23-51)44-61(47-64)52-24-8-3-9-25-52)78-74(57-40-41-69-68-36-16-19-39-72(68)77(73(69)50-57)70-37-17-14-34-66(70)67-35-15-18-38-71(67)77)79-76(80)59-33-21-31-56(43-59)65-48-62(53-26-10-4-11-27-53)45-63(49-65)54-28-12-5-13-29-54/h2-50,75H,1H3. The largest absolute Gasteiger partial charge is 0.333 e. The number of fused-ring (bicyclic) bond motifs is 10. The first-order valence-electron chi connectivity index (χ1n) is 27.6. The van der Waals surface area contributed by atoms with Crippen molar-refractivity contribution in [3.05, 3.63) is 336 Å². The minimum Gasteiger partial charge on any atom is -0.333 e. The minimum atomic E-state index is -0.504. The number of hydrogen-bond donors (Lipinski definition) is 0. The first-order valence-corrected chi connectivity index (χ1v) is 27.6. The van der Waals surface area contributed by atoms with Crippen molar-refractivity contribution >= 4 is 11.7 Å². The molecule has 0 aromatic heterocycles. The van der Waals surface area contributed by atoms with Crippen molar-refractivity contribution in [1.82, 2.24) is 4.90 Å². The van der Waals surface area contributed by atoms with Crippen LogP contribution in [0.5, 0.6) is 0 Å². The highest BCUT2D eigenvalue weighted by Crippen LogP contribution is 2.63. The van der Waals surface area contributed by atoms with Crippen molar-refractivity contribution in [2.75, 3.05) is 7.05 Å². The monoisotopic (exact) mass is 1020 g/mol. The summed E-state index contributed by atoms with van der Waals surface area (Å²) in [5.41, 5.74) is 26.7. The Morgan fingerprint density at radius 2 is 0.625 bits per heavy atom. The molecular formula is C77H53N3. The molecule has 1 aliphatic heterocycles. The average Bonchev–Trinajstić information content (AvgIpc) is 3.72. The van der Waals surface area contributed by atoms with Gasteiger partial charge in [-0.1, -0.05) is 243 Å². The van der Waals surface area contributed by atoms with Gasteiger partial charge in [-0.3, -0.25) is 0 Å². The molecule has 3 aliphatic rings. The zero-order valence-electron chi connectivity index (χ0n) is 44.2. The van der Waals surface area contributed by atoms with Crippen LogP contribution in [0.25, 0.3) is 89.0 Å². The Bertz CT molecular complexity index is 4240. The number of amidine groups is 2. The molecule has 12 aromatic rings. The van der Waals surface area contributed by atoms with E-state index in [9.17, 15) is 0 Å². The third-order valence-electron chi connectivity index (χ3n) is 16.7. The highest BCUT2D eigenvalue weighted by atomic mass is 15.3. The van der Waals surface area contributed by atoms with E-state index < -0.39 is 11.6 Å². The fourth-order valence-corrected chi connectivity index (χ4v) is 13.0. The van der Waals surface area contributed by atoms with Crippen molar-refractivity contribution in [1.29, 1.82) is 0 Å². The summed E-state index contributed by atoms with van der Waals surface area (Å²) in [5, 5.41) is 0. The van der Waals surface area contributed by atoms with Gasteiger partial charge in [0, 0.05) is 18.2 Å². The van der Waals surface area contributed by atoms with Gasteiger partial charge in [-0.2, -0.15) is 0 Å². The van der Waals surface area contributed by atoms with Crippen LogP contribution >= 0.6 is 0 Å². The Kier molecular flexibility index (Phi) is 11.4. The molecule has 3 nitrogen and oxygen atoms in total. The average molecular weight is 1020 g/mol. The third kappa shape index (κ3) is 7.89. The van der Waals surface area contributed by atoms with Crippen LogP contribution in [0.15, 0.2) is 307 Å². The van der Waals surface area contributed by atoms with Crippen LogP contribution in [0.1, 0.15) is 45.1 Å². The Morgan fingerprint density at radius 1 is 0.275 bits per heavy atom. The second-order valence-corrected chi connectivity index (χ2v) is 21.3. The highest BCUT2D eigenvalue weighted by Gasteiger charge is 2.51. The van der Waals surface area contributed by atoms with Crippen molar-refractivity contribution in [3.8, 4) is 89.0 Å². The van der Waals surface area contributed by atoms with Gasteiger partial charge in [0.25, 0.3) is 0 Å². The Labute approximate surface area is 467 Å². The zero-order chi connectivity index (χ0) is 53.2. The second-order valence-electron chi connectivity index (χ2n) is 21.3. The van der Waals surface area contributed by atoms with Crippen LogP contribution in [0, 0.1) is 0 Å². The molecule has 0 fully saturated rings. The SMILES string of the molecule is CN1C(c2cccc(-c3cc(-c4ccccc4)cc(-c4ccccc4)c3)c2)=NC(c2ccc3c(c2)C2(c4ccccc4-c4ccccc42)c2ccccc2-3)=NC1c1cccc(-c2cc(-c3ccccc3)cc(-c3ccccc3)c2)c1. The lowest BCUT2D eigenvalue weighted by Gasteiger charge is -2.33. The minimum absolute atomic E-state index is 0.412. The molecule has 1 heterocycles. The van der Waals surface area contributed by atoms with Crippen molar-refractivity contribution < 1.29 is 0 Å². The van der Waals surface area contributed by atoms with Crippen molar-refractivity contribution in [2.45, 2.75) is 11.6 Å². The summed E-state index contributed by atoms with van der Waals surface area (Å²) in [7, 11) is 2.15. The van der Waals surface area contributed by atoms with Crippen LogP contribution < -0.4 is 0 Å². The Morgan fingerprint density at radius 3 is 1.09 bits per heavy atom. The molecule has 376 valence electrons. The van der Waals surface area contributed by atoms with Gasteiger partial charge in [0.2, 0.25) is 0 Å². The highest BCUT2D eigenvalue weighted by molar-refractivity contribution is 6.14. The maximum Gasteiger partial charge on any atom is 0.159 e. The predicted molar refractivity (Wildman–Crippen MR) is 332 cm³/mol. The molecule has 2 aliphatic carbocycles. The number of hydrogen-bond acceptors (Lipinski definition) is 3. The normalized spacial score (nSPS) is 14.4. The topological polar surface area (TPSA) is 28.0 Å². The predicted octanol–water partition coefficient (Wildman–Crippen LogP) is 18.9. The van der Waals surface area contributed by atoms with Gasteiger partial charge in [0.15, 0.2) is 12.0 Å². The maximum atomic E-state index is 5.75. The molecule has 15 rings (SSSR count). The quantitative estimate of drug-likeness (QED) is 0.142. The molecular weight excluding hydrogens is 967 g/mol. The Hall–Kier alpha value is -10.2. The number of nitrogens with zero attached hydrogens (tertiary/aromatic N) is 3. The van der Waals surface area contributed by atoms with E-state index >= 15 is 0 Å². The molecule has 12 aromatic carbocycles. The van der Waals surface area contributed by atoms with Crippen LogP contribution in [0.2, 0.25) is 0 Å². The van der Waals surface area contributed by atoms with Crippen LogP contribution in [-0.4, -0.2) is 23.6 Å². The lowest BCUT2D eigenvalue weighted by Crippen LogP contribution is -2.35. The van der Waals surface area contributed by atoms with Gasteiger partial charge in [0.1, 0.15) is 5.84 Å². The van der Waals surface area contributed by atoms with E-state index in [-0.39, 0.29) is 0 Å². The lowest BCUT2D eigenvalue weighted by atomic mass is 9.70. The molecule has 1 unspecified atom stereocenters. The van der Waals surface area contributed by atoms with Crippen LogP contribution in [-0.2, 0) is 5.41 Å². The fourth-order valence-electron chi connectivity index (χ4n) is 13.0. The van der Waals surface area contributed by atoms with Crippen LogP contribution in [0.4, 0.5) is 0 Å². The summed E-state index contributed by atoms with van der Waals surface area (Å²) in [6.45, 7) is 0. The molecule has 3 heteroatoms. The van der Waals surface area contributed by atoms with Gasteiger partial charge < -0.3 is 4.90 Å². The number of benzene rings is 12. The van der Waals surface area contributed by atoms with E-state index in [1.807, 2.05) is 0 Å². The third-order valence-corrected chi connectivity index (χ3v) is 16.7. The molecule has 0 amide bonds. The van der Waals surface area contributed by atoms with E-state index in [2.05, 4.69) is 309 Å². The molecule has 0 saturated carbocycles. The summed E-state index contributed by atoms with van der Waals surface area (Å²) < 4.78 is 0. The lowest BCUT2D eigenvalue weighted by molar-refractivity contribution is 0.383. The first-order chi connectivity index (χ1) is 39.5. The van der Waals surface area contributed by atoms with Gasteiger partial charge in [-0.15, -0.1) is 0 Å². The fraction of sp³-hybridized carbons (Fsp3) is 0.0390. The summed E-state index contributed by atoms with van der Waals surface area (Å²) >= 11 is 0. The van der Waals surface area contributed by atoms with Crippen LogP contribution in [0.3, 0.4) is 0 Å². The summed E-state index contributed by atoms with van der Waals surface area (Å²) in [4.78, 5) is 13.7. The van der Waals surface area contributed by atoms with Gasteiger partial charge in [-0.05, 0) is 171 Å². The number of aliphatic imine (C=N–C) groups is 2. The smallest absolute Gasteiger partial charge is 0.159 e. The molecule has 80 heavy (non-hydrogen) atoms. The van der Waals surface area contributed by atoms with E-state index in [1.165, 1.54) is 89.0 Å². The second kappa shape index (κ2) is 19.4. The van der Waals surface area contributed by atoms with E-state index in [0.717, 1.165) is 44.8 Å². The van der Waals surface area contributed by atoms with Crippen molar-refractivity contribution in [3.63, 3.8) is 0 Å². The van der Waals surface area contributed by atoms with Gasteiger partial charge in [-0.25, -0.2) is 9.98 Å². The van der Waals surface area contributed by atoms with E-state index in [0.29, 0.717) is 5.84 Å². The summed E-state index contributed by atoms with van der Waals surface area (Å²) in [6.07, 6.45) is -0.412. The molecule has 0 saturated heterocycles. The number of rotatable bonds is 9. The zero-order valence-corrected chi connectivity index (χ0v) is 44.2. The first kappa shape index (κ1) is 47.0.